The summed E-state index contributed by atoms with van der Waals surface area (Å²) in [6.07, 6.45) is 4.62. The first kappa shape index (κ1) is 14.2. The Hall–Kier alpha value is -1.24. The number of aromatic nitrogens is 2. The Morgan fingerprint density at radius 2 is 2.32 bits per heavy atom. The highest BCUT2D eigenvalue weighted by Crippen LogP contribution is 2.24. The zero-order valence-electron chi connectivity index (χ0n) is 10.6. The minimum atomic E-state index is -0.329. The second kappa shape index (κ2) is 6.27. The van der Waals surface area contributed by atoms with Crippen LogP contribution in [0.1, 0.15) is 30.8 Å². The van der Waals surface area contributed by atoms with Crippen LogP contribution in [0.2, 0.25) is 0 Å². The minimum absolute atomic E-state index is 0.314. The molecule has 0 aliphatic rings. The van der Waals surface area contributed by atoms with Crippen molar-refractivity contribution in [2.45, 2.75) is 25.9 Å². The number of nitrogens with one attached hydrogen (secondary N) is 1. The molecular formula is C13H16BrFN4. The van der Waals surface area contributed by atoms with Crippen molar-refractivity contribution in [1.29, 1.82) is 0 Å². The molecule has 1 aromatic carbocycles. The molecule has 3 N–H and O–H groups in total. The molecule has 102 valence electrons. The summed E-state index contributed by atoms with van der Waals surface area (Å²) in [5.74, 6) is 6.08. The maximum absolute atomic E-state index is 13.6. The molecule has 0 aliphatic heterocycles. The topological polar surface area (TPSA) is 55.9 Å². The van der Waals surface area contributed by atoms with Gasteiger partial charge in [0.05, 0.1) is 4.47 Å². The Morgan fingerprint density at radius 3 is 2.95 bits per heavy atom. The molecule has 0 spiro atoms. The summed E-state index contributed by atoms with van der Waals surface area (Å²) < 4.78 is 16.1. The van der Waals surface area contributed by atoms with Gasteiger partial charge in [-0.1, -0.05) is 13.0 Å². The average Bonchev–Trinajstić information content (AvgIpc) is 2.83. The zero-order chi connectivity index (χ0) is 13.8. The normalized spacial score (nSPS) is 12.6. The predicted molar refractivity (Wildman–Crippen MR) is 75.8 cm³/mol. The lowest BCUT2D eigenvalue weighted by molar-refractivity contribution is 0.540. The second-order valence-corrected chi connectivity index (χ2v) is 5.11. The quantitative estimate of drug-likeness (QED) is 0.656. The molecule has 0 amide bonds. The maximum Gasteiger partial charge on any atom is 0.137 e. The number of nitrogens with two attached hydrogens (primary N) is 1. The summed E-state index contributed by atoms with van der Waals surface area (Å²) >= 11 is 3.14. The van der Waals surface area contributed by atoms with Gasteiger partial charge in [0.1, 0.15) is 17.7 Å². The lowest BCUT2D eigenvalue weighted by Gasteiger charge is -2.18. The number of imidazole rings is 1. The molecular weight excluding hydrogens is 311 g/mol. The van der Waals surface area contributed by atoms with Crippen LogP contribution in [0.4, 0.5) is 4.39 Å². The van der Waals surface area contributed by atoms with Crippen molar-refractivity contribution in [3.05, 3.63) is 52.3 Å². The lowest BCUT2D eigenvalue weighted by Crippen LogP contribution is -2.31. The van der Waals surface area contributed by atoms with Crippen LogP contribution in [0.5, 0.6) is 0 Å². The second-order valence-electron chi connectivity index (χ2n) is 4.25. The molecule has 1 aromatic heterocycles. The van der Waals surface area contributed by atoms with E-state index in [0.29, 0.717) is 4.47 Å². The highest BCUT2D eigenvalue weighted by molar-refractivity contribution is 9.10. The van der Waals surface area contributed by atoms with E-state index in [1.165, 1.54) is 6.07 Å². The van der Waals surface area contributed by atoms with Gasteiger partial charge in [-0.15, -0.1) is 0 Å². The third-order valence-electron chi connectivity index (χ3n) is 2.91. The summed E-state index contributed by atoms with van der Waals surface area (Å²) in [5.41, 5.74) is 3.44. The van der Waals surface area contributed by atoms with Crippen LogP contribution in [0.3, 0.4) is 0 Å². The van der Waals surface area contributed by atoms with E-state index >= 15 is 0 Å². The van der Waals surface area contributed by atoms with Crippen molar-refractivity contribution in [3.8, 4) is 0 Å². The van der Waals surface area contributed by atoms with Gasteiger partial charge in [0, 0.05) is 18.9 Å². The number of rotatable bonds is 5. The first-order valence-electron chi connectivity index (χ1n) is 6.09. The molecule has 0 fully saturated rings. The molecule has 6 heteroatoms. The molecule has 0 aliphatic carbocycles. The van der Waals surface area contributed by atoms with E-state index in [1.54, 1.807) is 12.3 Å². The van der Waals surface area contributed by atoms with Crippen molar-refractivity contribution < 1.29 is 4.39 Å². The van der Waals surface area contributed by atoms with Gasteiger partial charge in [-0.25, -0.2) is 14.8 Å². The van der Waals surface area contributed by atoms with E-state index in [4.69, 9.17) is 5.84 Å². The van der Waals surface area contributed by atoms with Crippen molar-refractivity contribution in [3.63, 3.8) is 0 Å². The van der Waals surface area contributed by atoms with Crippen LogP contribution >= 0.6 is 15.9 Å². The number of hydrazine groups is 1. The SMILES string of the molecule is CCCn1ccnc1C(NN)c1ccc(Br)c(F)c1. The van der Waals surface area contributed by atoms with Crippen LogP contribution in [-0.4, -0.2) is 9.55 Å². The highest BCUT2D eigenvalue weighted by atomic mass is 79.9. The lowest BCUT2D eigenvalue weighted by atomic mass is 10.1. The molecule has 0 radical (unpaired) electrons. The van der Waals surface area contributed by atoms with E-state index in [2.05, 4.69) is 33.3 Å². The van der Waals surface area contributed by atoms with E-state index in [1.807, 2.05) is 16.8 Å². The molecule has 4 nitrogen and oxygen atoms in total. The smallest absolute Gasteiger partial charge is 0.137 e. The van der Waals surface area contributed by atoms with Crippen molar-refractivity contribution in [2.75, 3.05) is 0 Å². The zero-order valence-corrected chi connectivity index (χ0v) is 12.2. The van der Waals surface area contributed by atoms with Gasteiger partial charge < -0.3 is 4.57 Å². The third kappa shape index (κ3) is 3.02. The molecule has 1 heterocycles. The maximum atomic E-state index is 13.6. The number of halogens is 2. The Balaban J connectivity index is 2.38. The van der Waals surface area contributed by atoms with Gasteiger partial charge in [-0.05, 0) is 40.0 Å². The Kier molecular flexibility index (Phi) is 4.68. The molecule has 2 rings (SSSR count). The predicted octanol–water partition coefficient (Wildman–Crippen LogP) is 2.75. The fraction of sp³-hybridized carbons (Fsp3) is 0.308. The van der Waals surface area contributed by atoms with Crippen LogP contribution < -0.4 is 11.3 Å². The average molecular weight is 327 g/mol. The van der Waals surface area contributed by atoms with Gasteiger partial charge in [-0.3, -0.25) is 5.84 Å². The van der Waals surface area contributed by atoms with Gasteiger partial charge in [-0.2, -0.15) is 0 Å². The number of nitrogens with zero attached hydrogens (tertiary/aromatic N) is 2. The largest absolute Gasteiger partial charge is 0.333 e. The van der Waals surface area contributed by atoms with Crippen molar-refractivity contribution >= 4 is 15.9 Å². The fourth-order valence-electron chi connectivity index (χ4n) is 2.02. The van der Waals surface area contributed by atoms with Crippen LogP contribution in [-0.2, 0) is 6.54 Å². The van der Waals surface area contributed by atoms with Crippen molar-refractivity contribution in [2.24, 2.45) is 5.84 Å². The number of benzene rings is 1. The molecule has 0 bridgehead atoms. The summed E-state index contributed by atoms with van der Waals surface area (Å²) in [6.45, 7) is 2.94. The van der Waals surface area contributed by atoms with Crippen LogP contribution in [0.15, 0.2) is 35.1 Å². The first-order chi connectivity index (χ1) is 9.17. The Morgan fingerprint density at radius 1 is 1.53 bits per heavy atom. The van der Waals surface area contributed by atoms with E-state index in [-0.39, 0.29) is 11.9 Å². The molecule has 2 aromatic rings. The van der Waals surface area contributed by atoms with Crippen LogP contribution in [0, 0.1) is 5.82 Å². The third-order valence-corrected chi connectivity index (χ3v) is 3.56. The standard InChI is InChI=1S/C13H16BrFN4/c1-2-6-19-7-5-17-13(19)12(18-16)9-3-4-10(14)11(15)8-9/h3-5,7-8,12,18H,2,6,16H2,1H3. The molecule has 19 heavy (non-hydrogen) atoms. The Labute approximate surface area is 119 Å². The summed E-state index contributed by atoms with van der Waals surface area (Å²) in [6, 6.07) is 4.62. The van der Waals surface area contributed by atoms with E-state index in [0.717, 1.165) is 24.4 Å². The highest BCUT2D eigenvalue weighted by Gasteiger charge is 2.18. The van der Waals surface area contributed by atoms with E-state index < -0.39 is 0 Å². The summed E-state index contributed by atoms with van der Waals surface area (Å²) in [5, 5.41) is 0. The van der Waals surface area contributed by atoms with Crippen molar-refractivity contribution in [1.82, 2.24) is 15.0 Å². The number of hydrogen-bond acceptors (Lipinski definition) is 3. The van der Waals surface area contributed by atoms with Gasteiger partial charge >= 0.3 is 0 Å². The fourth-order valence-corrected chi connectivity index (χ4v) is 2.27. The Bertz CT molecular complexity index is 555. The minimum Gasteiger partial charge on any atom is -0.333 e. The van der Waals surface area contributed by atoms with Gasteiger partial charge in [0.25, 0.3) is 0 Å². The van der Waals surface area contributed by atoms with E-state index in [9.17, 15) is 4.39 Å². The van der Waals surface area contributed by atoms with Crippen LogP contribution in [0.25, 0.3) is 0 Å². The molecule has 1 unspecified atom stereocenters. The summed E-state index contributed by atoms with van der Waals surface area (Å²) in [4.78, 5) is 4.32. The van der Waals surface area contributed by atoms with Gasteiger partial charge in [0.2, 0.25) is 0 Å². The monoisotopic (exact) mass is 326 g/mol. The molecule has 0 saturated carbocycles. The number of aryl methyl sites for hydroxylation is 1. The van der Waals surface area contributed by atoms with Gasteiger partial charge in [0.15, 0.2) is 0 Å². The number of hydrogen-bond donors (Lipinski definition) is 2. The first-order valence-corrected chi connectivity index (χ1v) is 6.88. The summed E-state index contributed by atoms with van der Waals surface area (Å²) in [7, 11) is 0. The molecule has 0 saturated heterocycles. The molecule has 1 atom stereocenters.